The van der Waals surface area contributed by atoms with Crippen LogP contribution in [0.25, 0.3) is 10.8 Å². The molecule has 1 saturated heterocycles. The molecule has 0 bridgehead atoms. The summed E-state index contributed by atoms with van der Waals surface area (Å²) in [5.41, 5.74) is 0.853. The van der Waals surface area contributed by atoms with Crippen LogP contribution in [0.2, 0.25) is 0 Å². The molecule has 1 unspecified atom stereocenters. The Labute approximate surface area is 113 Å². The topological polar surface area (TPSA) is 40.5 Å². The summed E-state index contributed by atoms with van der Waals surface area (Å²) in [6.07, 6.45) is -0.323. The predicted octanol–water partition coefficient (Wildman–Crippen LogP) is 2.70. The highest BCUT2D eigenvalue weighted by Gasteiger charge is 2.28. The zero-order chi connectivity index (χ0) is 12.7. The van der Waals surface area contributed by atoms with E-state index in [1.54, 1.807) is 4.90 Å². The molecule has 0 saturated carbocycles. The largest absolute Gasteiger partial charge is 0.391 e. The van der Waals surface area contributed by atoms with Crippen LogP contribution in [0.4, 0.5) is 5.69 Å². The van der Waals surface area contributed by atoms with Crippen LogP contribution < -0.4 is 4.90 Å². The minimum Gasteiger partial charge on any atom is -0.391 e. The fourth-order valence-electron chi connectivity index (χ4n) is 2.31. The van der Waals surface area contributed by atoms with Gasteiger partial charge in [0.2, 0.25) is 5.91 Å². The molecule has 1 atom stereocenters. The molecule has 1 amide bonds. The van der Waals surface area contributed by atoms with Crippen LogP contribution in [0.3, 0.4) is 0 Å². The average Bonchev–Trinajstić information content (AvgIpc) is 2.68. The molecule has 1 aliphatic rings. The van der Waals surface area contributed by atoms with Crippen molar-refractivity contribution in [1.29, 1.82) is 0 Å². The van der Waals surface area contributed by atoms with Gasteiger partial charge in [0.25, 0.3) is 0 Å². The summed E-state index contributed by atoms with van der Waals surface area (Å²) in [5.74, 6) is -0.0149. The van der Waals surface area contributed by atoms with Crippen molar-refractivity contribution in [3.05, 3.63) is 40.9 Å². The highest BCUT2D eigenvalue weighted by atomic mass is 79.9. The lowest BCUT2D eigenvalue weighted by atomic mass is 10.1. The van der Waals surface area contributed by atoms with E-state index < -0.39 is 6.10 Å². The maximum Gasteiger partial charge on any atom is 0.229 e. The molecule has 2 aromatic carbocycles. The Kier molecular flexibility index (Phi) is 2.84. The van der Waals surface area contributed by atoms with Crippen LogP contribution in [0.1, 0.15) is 6.42 Å². The molecule has 0 radical (unpaired) electrons. The first-order chi connectivity index (χ1) is 8.63. The fourth-order valence-corrected chi connectivity index (χ4v) is 2.69. The third-order valence-electron chi connectivity index (χ3n) is 3.20. The second kappa shape index (κ2) is 4.37. The summed E-state index contributed by atoms with van der Waals surface area (Å²) < 4.78 is 1.04. The lowest BCUT2D eigenvalue weighted by molar-refractivity contribution is -0.117. The zero-order valence-corrected chi connectivity index (χ0v) is 11.2. The molecule has 18 heavy (non-hydrogen) atoms. The van der Waals surface area contributed by atoms with E-state index in [0.717, 1.165) is 20.9 Å². The van der Waals surface area contributed by atoms with Gasteiger partial charge in [-0.1, -0.05) is 28.1 Å². The van der Waals surface area contributed by atoms with E-state index in [1.165, 1.54) is 0 Å². The predicted molar refractivity (Wildman–Crippen MR) is 74.6 cm³/mol. The highest BCUT2D eigenvalue weighted by molar-refractivity contribution is 9.10. The summed E-state index contributed by atoms with van der Waals surface area (Å²) in [5, 5.41) is 11.7. The summed E-state index contributed by atoms with van der Waals surface area (Å²) in [6, 6.07) is 11.9. The molecular weight excluding hydrogens is 294 g/mol. The van der Waals surface area contributed by atoms with E-state index in [-0.39, 0.29) is 12.3 Å². The van der Waals surface area contributed by atoms with Gasteiger partial charge in [-0.3, -0.25) is 4.79 Å². The molecule has 3 rings (SSSR count). The first-order valence-corrected chi connectivity index (χ1v) is 6.60. The molecular formula is C14H12BrNO2. The number of β-amino-alcohol motifs (C(OH)–C–C–N with tert-alkyl or cyclic N) is 1. The van der Waals surface area contributed by atoms with E-state index in [1.807, 2.05) is 36.4 Å². The molecule has 1 fully saturated rings. The smallest absolute Gasteiger partial charge is 0.229 e. The number of hydrogen-bond donors (Lipinski definition) is 1. The number of benzene rings is 2. The van der Waals surface area contributed by atoms with Gasteiger partial charge >= 0.3 is 0 Å². The number of fused-ring (bicyclic) bond motifs is 1. The molecule has 2 aromatic rings. The minimum atomic E-state index is -0.543. The van der Waals surface area contributed by atoms with Crippen LogP contribution >= 0.6 is 15.9 Å². The number of nitrogens with zero attached hydrogens (tertiary/aromatic N) is 1. The van der Waals surface area contributed by atoms with Crippen molar-refractivity contribution in [2.75, 3.05) is 11.4 Å². The quantitative estimate of drug-likeness (QED) is 0.880. The van der Waals surface area contributed by atoms with Crippen molar-refractivity contribution < 1.29 is 9.90 Å². The van der Waals surface area contributed by atoms with E-state index in [0.29, 0.717) is 6.54 Å². The summed E-state index contributed by atoms with van der Waals surface area (Å²) in [6.45, 7) is 0.390. The van der Waals surface area contributed by atoms with Gasteiger partial charge in [0.1, 0.15) is 0 Å². The molecule has 4 heteroatoms. The highest BCUT2D eigenvalue weighted by Crippen LogP contribution is 2.27. The first-order valence-electron chi connectivity index (χ1n) is 5.81. The molecule has 3 nitrogen and oxygen atoms in total. The summed E-state index contributed by atoms with van der Waals surface area (Å²) >= 11 is 3.44. The number of aliphatic hydroxyl groups excluding tert-OH is 1. The van der Waals surface area contributed by atoms with Crippen molar-refractivity contribution >= 4 is 38.3 Å². The zero-order valence-electron chi connectivity index (χ0n) is 9.64. The Morgan fingerprint density at radius 3 is 2.61 bits per heavy atom. The number of rotatable bonds is 1. The van der Waals surface area contributed by atoms with Crippen molar-refractivity contribution in [2.24, 2.45) is 0 Å². The van der Waals surface area contributed by atoms with Crippen LogP contribution in [-0.4, -0.2) is 23.7 Å². The van der Waals surface area contributed by atoms with Gasteiger partial charge in [0.15, 0.2) is 0 Å². The van der Waals surface area contributed by atoms with Crippen LogP contribution in [-0.2, 0) is 4.79 Å². The van der Waals surface area contributed by atoms with Gasteiger partial charge in [0.05, 0.1) is 19.1 Å². The summed E-state index contributed by atoms with van der Waals surface area (Å²) in [7, 11) is 0. The van der Waals surface area contributed by atoms with Crippen molar-refractivity contribution in [2.45, 2.75) is 12.5 Å². The van der Waals surface area contributed by atoms with E-state index >= 15 is 0 Å². The maximum atomic E-state index is 11.7. The van der Waals surface area contributed by atoms with Crippen molar-refractivity contribution in [3.63, 3.8) is 0 Å². The van der Waals surface area contributed by atoms with Crippen molar-refractivity contribution in [3.8, 4) is 0 Å². The standard InChI is InChI=1S/C14H12BrNO2/c15-11-3-1-10-6-12(4-2-9(10)5-11)16-8-13(17)7-14(16)18/h1-6,13,17H,7-8H2. The number of carbonyl (C=O) groups is 1. The lowest BCUT2D eigenvalue weighted by Crippen LogP contribution is -2.25. The SMILES string of the molecule is O=C1CC(O)CN1c1ccc2cc(Br)ccc2c1. The normalized spacial score (nSPS) is 19.8. The van der Waals surface area contributed by atoms with E-state index in [2.05, 4.69) is 15.9 Å². The average molecular weight is 306 g/mol. The molecule has 1 heterocycles. The van der Waals surface area contributed by atoms with Crippen LogP contribution in [0, 0.1) is 0 Å². The Hall–Kier alpha value is -1.39. The Morgan fingerprint density at radius 1 is 1.17 bits per heavy atom. The van der Waals surface area contributed by atoms with Gasteiger partial charge in [0, 0.05) is 10.2 Å². The molecule has 0 aliphatic carbocycles. The van der Waals surface area contributed by atoms with E-state index in [9.17, 15) is 9.90 Å². The molecule has 92 valence electrons. The van der Waals surface area contributed by atoms with Gasteiger partial charge in [-0.15, -0.1) is 0 Å². The Morgan fingerprint density at radius 2 is 1.89 bits per heavy atom. The second-order valence-electron chi connectivity index (χ2n) is 4.54. The van der Waals surface area contributed by atoms with Crippen LogP contribution in [0.15, 0.2) is 40.9 Å². The van der Waals surface area contributed by atoms with Gasteiger partial charge < -0.3 is 10.0 Å². The fraction of sp³-hybridized carbons (Fsp3) is 0.214. The van der Waals surface area contributed by atoms with Gasteiger partial charge in [-0.2, -0.15) is 0 Å². The van der Waals surface area contributed by atoms with E-state index in [4.69, 9.17) is 0 Å². The van der Waals surface area contributed by atoms with Crippen molar-refractivity contribution in [1.82, 2.24) is 0 Å². The number of halogens is 1. The third-order valence-corrected chi connectivity index (χ3v) is 3.70. The number of anilines is 1. The second-order valence-corrected chi connectivity index (χ2v) is 5.45. The molecule has 1 aliphatic heterocycles. The van der Waals surface area contributed by atoms with Gasteiger partial charge in [-0.25, -0.2) is 0 Å². The minimum absolute atomic E-state index is 0.0149. The Balaban J connectivity index is 2.03. The number of aliphatic hydroxyl groups is 1. The molecule has 0 aromatic heterocycles. The molecule has 1 N–H and O–H groups in total. The number of amides is 1. The maximum absolute atomic E-state index is 11.7. The molecule has 0 spiro atoms. The number of hydrogen-bond acceptors (Lipinski definition) is 2. The Bertz CT molecular complexity index is 626. The number of carbonyl (C=O) groups excluding carboxylic acids is 1. The lowest BCUT2D eigenvalue weighted by Gasteiger charge is -2.16. The monoisotopic (exact) mass is 305 g/mol. The van der Waals surface area contributed by atoms with Crippen LogP contribution in [0.5, 0.6) is 0 Å². The summed E-state index contributed by atoms with van der Waals surface area (Å²) in [4.78, 5) is 13.4. The van der Waals surface area contributed by atoms with Gasteiger partial charge in [-0.05, 0) is 35.0 Å². The third kappa shape index (κ3) is 2.02. The first kappa shape index (κ1) is 11.7.